The van der Waals surface area contributed by atoms with E-state index in [9.17, 15) is 0 Å². The Balaban J connectivity index is 2.48. The number of aromatic nitrogens is 3. The van der Waals surface area contributed by atoms with Crippen LogP contribution in [-0.4, -0.2) is 21.2 Å². The monoisotopic (exact) mass is 239 g/mol. The quantitative estimate of drug-likeness (QED) is 0.699. The van der Waals surface area contributed by atoms with Crippen LogP contribution in [0.2, 0.25) is 0 Å². The average molecular weight is 240 g/mol. The molecule has 0 spiro atoms. The number of ether oxygens (including phenoxy) is 1. The van der Waals surface area contributed by atoms with Gasteiger partial charge in [-0.1, -0.05) is 0 Å². The van der Waals surface area contributed by atoms with Crippen molar-refractivity contribution in [3.05, 3.63) is 22.6 Å². The van der Waals surface area contributed by atoms with Crippen LogP contribution < -0.4 is 4.74 Å². The first-order valence-corrected chi connectivity index (χ1v) is 4.79. The topological polar surface area (TPSA) is 39.4 Å². The summed E-state index contributed by atoms with van der Waals surface area (Å²) in [4.78, 5) is 4.14. The van der Waals surface area contributed by atoms with Gasteiger partial charge in [0.05, 0.1) is 6.61 Å². The Morgan fingerprint density at radius 1 is 1.54 bits per heavy atom. The number of pyridine rings is 1. The Morgan fingerprint density at radius 2 is 2.46 bits per heavy atom. The summed E-state index contributed by atoms with van der Waals surface area (Å²) in [5, 5.41) is 4.05. The number of rotatable bonds is 0. The molecule has 3 rings (SSSR count). The Kier molecular flexibility index (Phi) is 1.38. The van der Waals surface area contributed by atoms with Crippen LogP contribution in [0.15, 0.2) is 17.0 Å². The van der Waals surface area contributed by atoms with Crippen LogP contribution >= 0.6 is 15.9 Å². The average Bonchev–Trinajstić information content (AvgIpc) is 2.66. The van der Waals surface area contributed by atoms with Gasteiger partial charge < -0.3 is 4.74 Å². The highest BCUT2D eigenvalue weighted by molar-refractivity contribution is 9.10. The molecule has 0 unspecified atom stereocenters. The van der Waals surface area contributed by atoms with E-state index in [-0.39, 0.29) is 0 Å². The summed E-state index contributed by atoms with van der Waals surface area (Å²) in [6.45, 7) is 0.737. The molecule has 4 nitrogen and oxygen atoms in total. The van der Waals surface area contributed by atoms with Gasteiger partial charge in [0.25, 0.3) is 0 Å². The molecule has 0 aliphatic carbocycles. The number of nitrogens with zero attached hydrogens (tertiary/aromatic N) is 3. The fourth-order valence-corrected chi connectivity index (χ4v) is 2.15. The maximum Gasteiger partial charge on any atom is 0.198 e. The van der Waals surface area contributed by atoms with Crippen molar-refractivity contribution in [2.45, 2.75) is 6.42 Å². The zero-order valence-corrected chi connectivity index (χ0v) is 8.28. The van der Waals surface area contributed by atoms with Crippen molar-refractivity contribution in [3.63, 3.8) is 0 Å². The molecule has 66 valence electrons. The van der Waals surface area contributed by atoms with Crippen molar-refractivity contribution in [3.8, 4) is 5.75 Å². The molecule has 1 aliphatic heterocycles. The van der Waals surface area contributed by atoms with Crippen molar-refractivity contribution >= 4 is 21.6 Å². The first-order chi connectivity index (χ1) is 6.36. The SMILES string of the molecule is Brc1cn2ncnc2c2c1CCO2. The number of halogens is 1. The predicted molar refractivity (Wildman–Crippen MR) is 49.9 cm³/mol. The summed E-state index contributed by atoms with van der Waals surface area (Å²) in [5.74, 6) is 0.867. The van der Waals surface area contributed by atoms with Gasteiger partial charge in [-0.3, -0.25) is 0 Å². The molecule has 0 atom stereocenters. The molecule has 0 saturated carbocycles. The minimum absolute atomic E-state index is 0.737. The molecule has 0 aromatic carbocycles. The van der Waals surface area contributed by atoms with E-state index in [1.807, 2.05) is 6.20 Å². The maximum absolute atomic E-state index is 5.50. The zero-order valence-electron chi connectivity index (χ0n) is 6.70. The van der Waals surface area contributed by atoms with Gasteiger partial charge in [0.1, 0.15) is 6.33 Å². The van der Waals surface area contributed by atoms with Gasteiger partial charge in [-0.2, -0.15) is 5.10 Å². The Bertz CT molecular complexity index is 479. The van der Waals surface area contributed by atoms with Gasteiger partial charge in [-0.15, -0.1) is 0 Å². The molecule has 0 N–H and O–H groups in total. The molecule has 0 fully saturated rings. The summed E-state index contributed by atoms with van der Waals surface area (Å²) >= 11 is 3.48. The number of hydrogen-bond acceptors (Lipinski definition) is 3. The van der Waals surface area contributed by atoms with Crippen LogP contribution in [0.1, 0.15) is 5.56 Å². The summed E-state index contributed by atoms with van der Waals surface area (Å²) < 4.78 is 8.25. The lowest BCUT2D eigenvalue weighted by atomic mass is 10.2. The predicted octanol–water partition coefficient (Wildman–Crippen LogP) is 1.43. The van der Waals surface area contributed by atoms with E-state index in [0.717, 1.165) is 28.9 Å². The Hall–Kier alpha value is -1.10. The van der Waals surface area contributed by atoms with E-state index in [2.05, 4.69) is 26.0 Å². The first-order valence-electron chi connectivity index (χ1n) is 4.00. The van der Waals surface area contributed by atoms with Crippen molar-refractivity contribution in [1.82, 2.24) is 14.6 Å². The van der Waals surface area contributed by atoms with E-state index in [1.54, 1.807) is 4.52 Å². The highest BCUT2D eigenvalue weighted by atomic mass is 79.9. The summed E-state index contributed by atoms with van der Waals surface area (Å²) in [6, 6.07) is 0. The minimum Gasteiger partial charge on any atom is -0.489 e. The summed E-state index contributed by atoms with van der Waals surface area (Å²) in [6.07, 6.45) is 4.39. The lowest BCUT2D eigenvalue weighted by Crippen LogP contribution is -1.91. The highest BCUT2D eigenvalue weighted by Gasteiger charge is 2.20. The molecule has 0 radical (unpaired) electrons. The zero-order chi connectivity index (χ0) is 8.84. The molecule has 0 saturated heterocycles. The van der Waals surface area contributed by atoms with E-state index in [4.69, 9.17) is 4.74 Å². The van der Waals surface area contributed by atoms with Gasteiger partial charge in [-0.05, 0) is 15.9 Å². The summed E-state index contributed by atoms with van der Waals surface area (Å²) in [7, 11) is 0. The lowest BCUT2D eigenvalue weighted by Gasteiger charge is -2.01. The molecule has 2 aromatic rings. The van der Waals surface area contributed by atoms with Crippen molar-refractivity contribution in [1.29, 1.82) is 0 Å². The van der Waals surface area contributed by atoms with E-state index in [0.29, 0.717) is 0 Å². The van der Waals surface area contributed by atoms with Gasteiger partial charge in [0.15, 0.2) is 11.4 Å². The highest BCUT2D eigenvalue weighted by Crippen LogP contribution is 2.34. The molecule has 3 heterocycles. The minimum atomic E-state index is 0.737. The third-order valence-electron chi connectivity index (χ3n) is 2.17. The second kappa shape index (κ2) is 2.45. The van der Waals surface area contributed by atoms with Gasteiger partial charge in [0.2, 0.25) is 0 Å². The Morgan fingerprint density at radius 3 is 3.38 bits per heavy atom. The summed E-state index contributed by atoms with van der Waals surface area (Å²) in [5.41, 5.74) is 2.00. The molecule has 0 amide bonds. The van der Waals surface area contributed by atoms with E-state index in [1.165, 1.54) is 11.9 Å². The molecule has 5 heteroatoms. The molecule has 2 aromatic heterocycles. The second-order valence-electron chi connectivity index (χ2n) is 2.91. The van der Waals surface area contributed by atoms with Crippen LogP contribution in [0.3, 0.4) is 0 Å². The second-order valence-corrected chi connectivity index (χ2v) is 3.77. The molecular weight excluding hydrogens is 234 g/mol. The molecule has 1 aliphatic rings. The fraction of sp³-hybridized carbons (Fsp3) is 0.250. The van der Waals surface area contributed by atoms with Crippen LogP contribution in [0.4, 0.5) is 0 Å². The van der Waals surface area contributed by atoms with Crippen LogP contribution in [0.25, 0.3) is 5.65 Å². The van der Waals surface area contributed by atoms with Gasteiger partial charge in [0, 0.05) is 22.7 Å². The van der Waals surface area contributed by atoms with Gasteiger partial charge >= 0.3 is 0 Å². The molecule has 13 heavy (non-hydrogen) atoms. The third-order valence-corrected chi connectivity index (χ3v) is 2.86. The van der Waals surface area contributed by atoms with Gasteiger partial charge in [-0.25, -0.2) is 9.50 Å². The van der Waals surface area contributed by atoms with Crippen molar-refractivity contribution in [2.24, 2.45) is 0 Å². The Labute approximate surface area is 82.7 Å². The lowest BCUT2D eigenvalue weighted by molar-refractivity contribution is 0.358. The number of fused-ring (bicyclic) bond motifs is 3. The standard InChI is InChI=1S/C8H6BrN3O/c9-6-3-12-8(10-4-11-12)7-5(6)1-2-13-7/h3-4H,1-2H2. The largest absolute Gasteiger partial charge is 0.489 e. The van der Waals surface area contributed by atoms with Crippen LogP contribution in [0, 0.1) is 0 Å². The first kappa shape index (κ1) is 7.32. The fourth-order valence-electron chi connectivity index (χ4n) is 1.58. The van der Waals surface area contributed by atoms with Crippen molar-refractivity contribution < 1.29 is 4.74 Å². The van der Waals surface area contributed by atoms with Crippen LogP contribution in [0.5, 0.6) is 5.75 Å². The van der Waals surface area contributed by atoms with Crippen LogP contribution in [-0.2, 0) is 6.42 Å². The molecule has 0 bridgehead atoms. The van der Waals surface area contributed by atoms with E-state index >= 15 is 0 Å². The maximum atomic E-state index is 5.50. The number of hydrogen-bond donors (Lipinski definition) is 0. The third kappa shape index (κ3) is 0.904. The normalized spacial score (nSPS) is 14.5. The van der Waals surface area contributed by atoms with E-state index < -0.39 is 0 Å². The van der Waals surface area contributed by atoms with Crippen molar-refractivity contribution in [2.75, 3.05) is 6.61 Å². The smallest absolute Gasteiger partial charge is 0.198 e. The molecular formula is C8H6BrN3O.